The average molecular weight is 426 g/mol. The second-order valence-corrected chi connectivity index (χ2v) is 9.97. The van der Waals surface area contributed by atoms with Crippen molar-refractivity contribution in [2.75, 3.05) is 25.3 Å². The number of amides is 1. The van der Waals surface area contributed by atoms with Crippen LogP contribution in [0.3, 0.4) is 0 Å². The van der Waals surface area contributed by atoms with Crippen molar-refractivity contribution in [1.29, 1.82) is 0 Å². The first-order valence-electron chi connectivity index (χ1n) is 10.5. The van der Waals surface area contributed by atoms with Crippen LogP contribution in [-0.2, 0) is 4.74 Å². The Morgan fingerprint density at radius 2 is 1.94 bits per heavy atom. The van der Waals surface area contributed by atoms with E-state index in [2.05, 4.69) is 50.7 Å². The lowest BCUT2D eigenvalue weighted by Crippen LogP contribution is -2.59. The van der Waals surface area contributed by atoms with E-state index in [1.165, 1.54) is 0 Å². The lowest BCUT2D eigenvalue weighted by Gasteiger charge is -2.46. The van der Waals surface area contributed by atoms with Crippen LogP contribution in [0.15, 0.2) is 36.0 Å². The zero-order valence-corrected chi connectivity index (χ0v) is 19.3. The van der Waals surface area contributed by atoms with Gasteiger partial charge in [0.2, 0.25) is 5.88 Å². The van der Waals surface area contributed by atoms with E-state index in [0.717, 1.165) is 5.57 Å². The molecule has 1 atom stereocenters. The van der Waals surface area contributed by atoms with E-state index in [9.17, 15) is 4.79 Å². The van der Waals surface area contributed by atoms with E-state index in [4.69, 9.17) is 14.5 Å². The van der Waals surface area contributed by atoms with Crippen molar-refractivity contribution in [3.8, 4) is 11.7 Å². The highest BCUT2D eigenvalue weighted by molar-refractivity contribution is 6.02. The summed E-state index contributed by atoms with van der Waals surface area (Å²) in [5.41, 5.74) is 1.41. The first-order valence-corrected chi connectivity index (χ1v) is 10.5. The lowest BCUT2D eigenvalue weighted by molar-refractivity contribution is 0.0275. The fraction of sp³-hybridized carbons (Fsp3) is 0.522. The molecule has 0 spiro atoms. The maximum Gasteiger partial charge on any atom is 0.261 e. The van der Waals surface area contributed by atoms with Gasteiger partial charge in [0.15, 0.2) is 5.82 Å². The van der Waals surface area contributed by atoms with Crippen molar-refractivity contribution in [3.63, 3.8) is 0 Å². The van der Waals surface area contributed by atoms with Gasteiger partial charge < -0.3 is 14.4 Å². The van der Waals surface area contributed by atoms with Gasteiger partial charge in [-0.15, -0.1) is 5.10 Å². The van der Waals surface area contributed by atoms with Crippen LogP contribution in [0.4, 0.5) is 5.82 Å². The Labute approximate surface area is 183 Å². The minimum absolute atomic E-state index is 0.0451. The normalized spacial score (nSPS) is 19.9. The maximum atomic E-state index is 13.2. The Hall–Kier alpha value is -2.87. The molecule has 4 rings (SSSR count). The van der Waals surface area contributed by atoms with Crippen LogP contribution in [-0.4, -0.2) is 57.7 Å². The second kappa shape index (κ2) is 7.37. The molecule has 8 nitrogen and oxygen atoms in total. The molecule has 0 radical (unpaired) electrons. The first-order chi connectivity index (χ1) is 14.5. The Balaban J connectivity index is 1.72. The number of fused-ring (bicyclic) bond motifs is 3. The number of nitrogens with zero attached hydrogens (tertiary/aromatic N) is 5. The van der Waals surface area contributed by atoms with Gasteiger partial charge in [0.25, 0.3) is 5.91 Å². The fourth-order valence-corrected chi connectivity index (χ4v) is 4.25. The molecule has 0 saturated heterocycles. The summed E-state index contributed by atoms with van der Waals surface area (Å²) in [5, 5.41) is 4.52. The summed E-state index contributed by atoms with van der Waals surface area (Å²) >= 11 is 0. The molecule has 2 aliphatic heterocycles. The van der Waals surface area contributed by atoms with E-state index in [1.807, 2.05) is 31.3 Å². The van der Waals surface area contributed by atoms with Gasteiger partial charge in [0, 0.05) is 19.4 Å². The zero-order chi connectivity index (χ0) is 22.6. The number of rotatable bonds is 5. The maximum absolute atomic E-state index is 13.2. The van der Waals surface area contributed by atoms with Crippen LogP contribution < -0.4 is 9.64 Å². The minimum atomic E-state index is -0.299. The molecular formula is C23H31N5O3. The van der Waals surface area contributed by atoms with Gasteiger partial charge in [-0.1, -0.05) is 26.8 Å². The van der Waals surface area contributed by atoms with E-state index in [1.54, 1.807) is 16.7 Å². The van der Waals surface area contributed by atoms with E-state index in [-0.39, 0.29) is 29.8 Å². The molecule has 2 aromatic heterocycles. The SMILES string of the molecule is COCN1C(=O)c2ccc(-n3ccc(OCC(C)(C)C)n3)nc2N2C1C(C)=CC2(C)C. The Morgan fingerprint density at radius 3 is 2.61 bits per heavy atom. The highest BCUT2D eigenvalue weighted by Gasteiger charge is 2.48. The summed E-state index contributed by atoms with van der Waals surface area (Å²) in [6.45, 7) is 13.4. The number of pyridine rings is 1. The van der Waals surface area contributed by atoms with E-state index >= 15 is 0 Å². The zero-order valence-electron chi connectivity index (χ0n) is 19.3. The quantitative estimate of drug-likeness (QED) is 0.682. The highest BCUT2D eigenvalue weighted by atomic mass is 16.5. The largest absolute Gasteiger partial charge is 0.476 e. The Bertz CT molecular complexity index is 1030. The van der Waals surface area contributed by atoms with Crippen molar-refractivity contribution < 1.29 is 14.3 Å². The van der Waals surface area contributed by atoms with E-state index < -0.39 is 0 Å². The number of aromatic nitrogens is 3. The summed E-state index contributed by atoms with van der Waals surface area (Å²) in [7, 11) is 1.60. The molecule has 0 N–H and O–H groups in total. The van der Waals surface area contributed by atoms with Gasteiger partial charge in [-0.3, -0.25) is 9.69 Å². The van der Waals surface area contributed by atoms with Crippen LogP contribution >= 0.6 is 0 Å². The molecule has 0 saturated carbocycles. The summed E-state index contributed by atoms with van der Waals surface area (Å²) < 4.78 is 12.8. The molecule has 166 valence electrons. The van der Waals surface area contributed by atoms with Crippen LogP contribution in [0.1, 0.15) is 51.9 Å². The van der Waals surface area contributed by atoms with Crippen LogP contribution in [0.25, 0.3) is 5.82 Å². The van der Waals surface area contributed by atoms with Crippen molar-refractivity contribution in [1.82, 2.24) is 19.7 Å². The summed E-state index contributed by atoms with van der Waals surface area (Å²) in [6, 6.07) is 5.46. The molecule has 4 heterocycles. The van der Waals surface area contributed by atoms with Crippen molar-refractivity contribution in [2.45, 2.75) is 53.2 Å². The highest BCUT2D eigenvalue weighted by Crippen LogP contribution is 2.43. The van der Waals surface area contributed by atoms with Gasteiger partial charge in [0.05, 0.1) is 17.7 Å². The number of carbonyl (C=O) groups excluding carboxylic acids is 1. The second-order valence-electron chi connectivity index (χ2n) is 9.97. The molecule has 31 heavy (non-hydrogen) atoms. The number of anilines is 1. The molecular weight excluding hydrogens is 394 g/mol. The van der Waals surface area contributed by atoms with Gasteiger partial charge in [-0.05, 0) is 43.9 Å². The Morgan fingerprint density at radius 1 is 1.19 bits per heavy atom. The minimum Gasteiger partial charge on any atom is -0.476 e. The average Bonchev–Trinajstić information content (AvgIpc) is 3.24. The van der Waals surface area contributed by atoms with Crippen molar-refractivity contribution in [2.24, 2.45) is 5.41 Å². The lowest BCUT2D eigenvalue weighted by atomic mass is 9.99. The fourth-order valence-electron chi connectivity index (χ4n) is 4.25. The third kappa shape index (κ3) is 3.80. The molecule has 8 heteroatoms. The molecule has 2 aromatic rings. The third-order valence-electron chi connectivity index (χ3n) is 5.45. The summed E-state index contributed by atoms with van der Waals surface area (Å²) in [4.78, 5) is 22.0. The predicted molar refractivity (Wildman–Crippen MR) is 118 cm³/mol. The van der Waals surface area contributed by atoms with Gasteiger partial charge in [0.1, 0.15) is 18.7 Å². The van der Waals surface area contributed by atoms with E-state index in [0.29, 0.717) is 29.7 Å². The number of ether oxygens (including phenoxy) is 2. The Kier molecular flexibility index (Phi) is 5.08. The topological polar surface area (TPSA) is 72.7 Å². The molecule has 2 aliphatic rings. The predicted octanol–water partition coefficient (Wildman–Crippen LogP) is 3.62. The number of hydrogen-bond donors (Lipinski definition) is 0. The van der Waals surface area contributed by atoms with Crippen LogP contribution in [0.5, 0.6) is 5.88 Å². The van der Waals surface area contributed by atoms with Crippen molar-refractivity contribution >= 4 is 11.7 Å². The molecule has 0 aliphatic carbocycles. The molecule has 1 amide bonds. The van der Waals surface area contributed by atoms with Crippen LogP contribution in [0.2, 0.25) is 0 Å². The molecule has 1 unspecified atom stereocenters. The third-order valence-corrected chi connectivity index (χ3v) is 5.45. The first kappa shape index (κ1) is 21.4. The van der Waals surface area contributed by atoms with Gasteiger partial charge in [-0.25, -0.2) is 9.67 Å². The molecule has 0 aromatic carbocycles. The monoisotopic (exact) mass is 425 g/mol. The van der Waals surface area contributed by atoms with Crippen molar-refractivity contribution in [3.05, 3.63) is 41.6 Å². The number of hydrogen-bond acceptors (Lipinski definition) is 6. The van der Waals surface area contributed by atoms with Gasteiger partial charge in [-0.2, -0.15) is 0 Å². The number of carbonyl (C=O) groups is 1. The molecule has 0 fully saturated rings. The van der Waals surface area contributed by atoms with Gasteiger partial charge >= 0.3 is 0 Å². The van der Waals surface area contributed by atoms with Crippen LogP contribution in [0, 0.1) is 5.41 Å². The summed E-state index contributed by atoms with van der Waals surface area (Å²) in [5.74, 6) is 1.76. The standard InChI is InChI=1S/C23H31N5O3/c1-15-12-23(5,6)28-19-16(21(29)26(14-30-7)20(15)28)8-9-17(24-19)27-11-10-18(25-27)31-13-22(2,3)4/h8-12,20H,13-14H2,1-7H3. The molecule has 0 bridgehead atoms. The number of methoxy groups -OCH3 is 1. The smallest absolute Gasteiger partial charge is 0.261 e. The summed E-state index contributed by atoms with van der Waals surface area (Å²) in [6.07, 6.45) is 3.79.